The number of alkyl halides is 1. The third-order valence-electron chi connectivity index (χ3n) is 4.36. The highest BCUT2D eigenvalue weighted by molar-refractivity contribution is 9.09. The molecule has 0 spiro atoms. The minimum atomic E-state index is -0.785. The van der Waals surface area contributed by atoms with Gasteiger partial charge in [-0.05, 0) is 35.6 Å². The van der Waals surface area contributed by atoms with Crippen molar-refractivity contribution in [3.8, 4) is 16.9 Å². The molecule has 1 unspecified atom stereocenters. The normalized spacial score (nSPS) is 15.1. The molecule has 0 aromatic heterocycles. The van der Waals surface area contributed by atoms with Crippen molar-refractivity contribution in [3.05, 3.63) is 53.6 Å². The molecule has 2 aromatic carbocycles. The molecule has 0 heterocycles. The lowest BCUT2D eigenvalue weighted by molar-refractivity contribution is 0.225. The Labute approximate surface area is 149 Å². The fourth-order valence-electron chi connectivity index (χ4n) is 3.43. The fourth-order valence-corrected chi connectivity index (χ4v) is 3.91. The van der Waals surface area contributed by atoms with Gasteiger partial charge in [0.1, 0.15) is 5.75 Å². The molecule has 0 aliphatic heterocycles. The number of hydrogen-bond acceptors (Lipinski definition) is 2. The Morgan fingerprint density at radius 1 is 1.04 bits per heavy atom. The van der Waals surface area contributed by atoms with Gasteiger partial charge in [-0.3, -0.25) is 0 Å². The van der Waals surface area contributed by atoms with Gasteiger partial charge in [-0.1, -0.05) is 65.2 Å². The summed E-state index contributed by atoms with van der Waals surface area (Å²) >= 11 is 8.93. The van der Waals surface area contributed by atoms with Crippen LogP contribution >= 0.6 is 27.5 Å². The third kappa shape index (κ3) is 3.46. The van der Waals surface area contributed by atoms with E-state index in [0.717, 1.165) is 29.3 Å². The molecule has 4 heteroatoms. The van der Waals surface area contributed by atoms with Gasteiger partial charge in [0, 0.05) is 28.4 Å². The molecule has 0 bridgehead atoms. The van der Waals surface area contributed by atoms with Gasteiger partial charge in [0.15, 0.2) is 0 Å². The summed E-state index contributed by atoms with van der Waals surface area (Å²) in [6.07, 6.45) is 4.57. The summed E-state index contributed by atoms with van der Waals surface area (Å²) < 4.78 is 5.27. The Morgan fingerprint density at radius 2 is 1.83 bits per heavy atom. The van der Waals surface area contributed by atoms with E-state index in [-0.39, 0.29) is 5.92 Å². The van der Waals surface area contributed by atoms with Crippen molar-refractivity contribution >= 4 is 33.0 Å². The van der Waals surface area contributed by atoms with Crippen molar-refractivity contribution in [2.45, 2.75) is 31.6 Å². The van der Waals surface area contributed by atoms with Gasteiger partial charge >= 0.3 is 5.43 Å². The lowest BCUT2D eigenvalue weighted by atomic mass is 9.91. The zero-order valence-electron chi connectivity index (χ0n) is 12.7. The molecule has 2 nitrogen and oxygen atoms in total. The van der Waals surface area contributed by atoms with Crippen LogP contribution < -0.4 is 4.74 Å². The van der Waals surface area contributed by atoms with E-state index < -0.39 is 5.43 Å². The highest BCUT2D eigenvalue weighted by atomic mass is 79.9. The van der Waals surface area contributed by atoms with E-state index in [1.54, 1.807) is 0 Å². The van der Waals surface area contributed by atoms with Crippen molar-refractivity contribution < 1.29 is 9.53 Å². The first-order chi connectivity index (χ1) is 11.2. The maximum atomic E-state index is 11.2. The molecule has 23 heavy (non-hydrogen) atoms. The lowest BCUT2D eigenvalue weighted by Gasteiger charge is -2.16. The smallest absolute Gasteiger partial charge is 0.409 e. The number of halogens is 2. The van der Waals surface area contributed by atoms with E-state index >= 15 is 0 Å². The first-order valence-electron chi connectivity index (χ1n) is 7.88. The minimum absolute atomic E-state index is 0.267. The second kappa shape index (κ2) is 7.50. The molecule has 120 valence electrons. The summed E-state index contributed by atoms with van der Waals surface area (Å²) in [5.41, 5.74) is 4.02. The van der Waals surface area contributed by atoms with Gasteiger partial charge < -0.3 is 4.74 Å². The molecule has 0 amide bonds. The van der Waals surface area contributed by atoms with Crippen LogP contribution in [0.4, 0.5) is 4.79 Å². The molecule has 0 fully saturated rings. The number of rotatable bonds is 6. The second-order valence-corrected chi connectivity index (χ2v) is 6.84. The molecule has 1 atom stereocenters. The Hall–Kier alpha value is -1.32. The summed E-state index contributed by atoms with van der Waals surface area (Å²) in [5, 5.41) is 1.04. The topological polar surface area (TPSA) is 26.3 Å². The van der Waals surface area contributed by atoms with Crippen LogP contribution in [0, 0.1) is 0 Å². The second-order valence-electron chi connectivity index (χ2n) is 5.74. The van der Waals surface area contributed by atoms with Gasteiger partial charge in [-0.15, -0.1) is 0 Å². The molecule has 0 saturated carbocycles. The average Bonchev–Trinajstić information content (AvgIpc) is 2.87. The minimum Gasteiger partial charge on any atom is -0.414 e. The van der Waals surface area contributed by atoms with Crippen LogP contribution in [0.15, 0.2) is 42.5 Å². The number of benzene rings is 2. The molecule has 1 aliphatic carbocycles. The lowest BCUT2D eigenvalue weighted by Crippen LogP contribution is -2.03. The Bertz CT molecular complexity index is 714. The standard InChI is InChI=1S/C19H18BrClO2/c20-12-5-1-2-9-15-13-7-3-4-8-14(13)16-10-6-11-17(18(15)16)23-19(21)22/h3-4,6-8,10-11,15H,1-2,5,9,12H2. The summed E-state index contributed by atoms with van der Waals surface area (Å²) in [7, 11) is 0. The number of carbonyl (C=O) groups is 1. The molecular weight excluding hydrogens is 376 g/mol. The highest BCUT2D eigenvalue weighted by Gasteiger charge is 2.31. The first-order valence-corrected chi connectivity index (χ1v) is 9.38. The number of hydrogen-bond donors (Lipinski definition) is 0. The van der Waals surface area contributed by atoms with E-state index in [2.05, 4.69) is 46.3 Å². The van der Waals surface area contributed by atoms with E-state index in [9.17, 15) is 4.79 Å². The molecule has 0 N–H and O–H groups in total. The van der Waals surface area contributed by atoms with Crippen LogP contribution in [0.25, 0.3) is 11.1 Å². The fraction of sp³-hybridized carbons (Fsp3) is 0.316. The molecule has 3 rings (SSSR count). The Morgan fingerprint density at radius 3 is 2.61 bits per heavy atom. The summed E-state index contributed by atoms with van der Waals surface area (Å²) in [5.74, 6) is 0.855. The SMILES string of the molecule is O=C(Cl)Oc1cccc2c1C(CCCCCBr)c1ccccc1-2. The van der Waals surface area contributed by atoms with Gasteiger partial charge in [-0.25, -0.2) is 4.79 Å². The molecular formula is C19H18BrClO2. The van der Waals surface area contributed by atoms with E-state index in [1.165, 1.54) is 24.0 Å². The molecule has 2 aromatic rings. The molecule has 1 aliphatic rings. The van der Waals surface area contributed by atoms with Crippen LogP contribution in [0.5, 0.6) is 5.75 Å². The summed E-state index contributed by atoms with van der Waals surface area (Å²) in [6, 6.07) is 14.3. The molecule has 0 radical (unpaired) electrons. The van der Waals surface area contributed by atoms with E-state index in [1.807, 2.05) is 12.1 Å². The van der Waals surface area contributed by atoms with Crippen molar-refractivity contribution in [1.82, 2.24) is 0 Å². The van der Waals surface area contributed by atoms with E-state index in [0.29, 0.717) is 5.75 Å². The predicted octanol–water partition coefficient (Wildman–Crippen LogP) is 6.49. The number of fused-ring (bicyclic) bond motifs is 3. The van der Waals surface area contributed by atoms with Gasteiger partial charge in [0.2, 0.25) is 0 Å². The zero-order valence-corrected chi connectivity index (χ0v) is 15.1. The monoisotopic (exact) mass is 392 g/mol. The largest absolute Gasteiger partial charge is 0.414 e. The van der Waals surface area contributed by atoms with Crippen LogP contribution in [-0.4, -0.2) is 10.8 Å². The quantitative estimate of drug-likeness (QED) is 0.318. The first kappa shape index (κ1) is 16.5. The van der Waals surface area contributed by atoms with E-state index in [4.69, 9.17) is 16.3 Å². The maximum absolute atomic E-state index is 11.2. The van der Waals surface area contributed by atoms with Crippen LogP contribution in [-0.2, 0) is 0 Å². The van der Waals surface area contributed by atoms with Crippen LogP contribution in [0.1, 0.15) is 42.7 Å². The maximum Gasteiger partial charge on any atom is 0.409 e. The summed E-state index contributed by atoms with van der Waals surface area (Å²) in [6.45, 7) is 0. The Kier molecular flexibility index (Phi) is 5.39. The Balaban J connectivity index is 1.98. The molecule has 0 saturated heterocycles. The van der Waals surface area contributed by atoms with Crippen molar-refractivity contribution in [2.24, 2.45) is 0 Å². The number of unbranched alkanes of at least 4 members (excludes halogenated alkanes) is 2. The van der Waals surface area contributed by atoms with Crippen molar-refractivity contribution in [2.75, 3.05) is 5.33 Å². The summed E-state index contributed by atoms with van der Waals surface area (Å²) in [4.78, 5) is 11.2. The average molecular weight is 394 g/mol. The zero-order chi connectivity index (χ0) is 16.2. The third-order valence-corrected chi connectivity index (χ3v) is 5.00. The predicted molar refractivity (Wildman–Crippen MR) is 97.9 cm³/mol. The van der Waals surface area contributed by atoms with Crippen molar-refractivity contribution in [3.63, 3.8) is 0 Å². The van der Waals surface area contributed by atoms with Crippen LogP contribution in [0.2, 0.25) is 0 Å². The van der Waals surface area contributed by atoms with Crippen LogP contribution in [0.3, 0.4) is 0 Å². The van der Waals surface area contributed by atoms with Crippen molar-refractivity contribution in [1.29, 1.82) is 0 Å². The van der Waals surface area contributed by atoms with Gasteiger partial charge in [-0.2, -0.15) is 0 Å². The number of ether oxygens (including phenoxy) is 1. The van der Waals surface area contributed by atoms with Gasteiger partial charge in [0.05, 0.1) is 0 Å². The van der Waals surface area contributed by atoms with Gasteiger partial charge in [0.25, 0.3) is 0 Å². The highest BCUT2D eigenvalue weighted by Crippen LogP contribution is 2.50. The number of carbonyl (C=O) groups excluding carboxylic acids is 1.